The van der Waals surface area contributed by atoms with E-state index in [2.05, 4.69) is 40.7 Å². The third kappa shape index (κ3) is 5.67. The summed E-state index contributed by atoms with van der Waals surface area (Å²) in [6.45, 7) is 4.82. The first-order valence-corrected chi connectivity index (χ1v) is 10.7. The van der Waals surface area contributed by atoms with Gasteiger partial charge in [0, 0.05) is 42.8 Å². The van der Waals surface area contributed by atoms with E-state index in [0.29, 0.717) is 6.54 Å². The number of hydrogen-bond donors (Lipinski definition) is 2. The van der Waals surface area contributed by atoms with Gasteiger partial charge in [0.15, 0.2) is 0 Å². The van der Waals surface area contributed by atoms with E-state index in [4.69, 9.17) is 0 Å². The molecule has 0 aliphatic carbocycles. The van der Waals surface area contributed by atoms with Crippen LogP contribution < -0.4 is 10.2 Å². The van der Waals surface area contributed by atoms with E-state index < -0.39 is 0 Å². The van der Waals surface area contributed by atoms with Crippen LogP contribution in [0.2, 0.25) is 0 Å². The van der Waals surface area contributed by atoms with E-state index in [1.165, 1.54) is 42.6 Å². The Hall–Kier alpha value is -3.18. The molecular formula is C25H29N4O+. The van der Waals surface area contributed by atoms with Crippen LogP contribution in [-0.2, 0) is 24.4 Å². The van der Waals surface area contributed by atoms with Gasteiger partial charge in [-0.3, -0.25) is 9.48 Å². The zero-order valence-corrected chi connectivity index (χ0v) is 17.3. The fraction of sp³-hybridized carbons (Fsp3) is 0.280. The lowest BCUT2D eigenvalue weighted by molar-refractivity contribution is -0.901. The molecule has 1 saturated heterocycles. The first-order chi connectivity index (χ1) is 14.8. The zero-order chi connectivity index (χ0) is 20.6. The van der Waals surface area contributed by atoms with Crippen LogP contribution >= 0.6 is 0 Å². The second-order valence-corrected chi connectivity index (χ2v) is 7.91. The summed E-state index contributed by atoms with van der Waals surface area (Å²) in [5, 5.41) is 7.39. The summed E-state index contributed by atoms with van der Waals surface area (Å²) in [6.07, 6.45) is 9.76. The molecular weight excluding hydrogens is 372 g/mol. The molecule has 2 aromatic carbocycles. The number of amides is 1. The number of rotatable bonds is 8. The first kappa shape index (κ1) is 20.1. The fourth-order valence-corrected chi connectivity index (χ4v) is 3.96. The lowest BCUT2D eigenvalue weighted by Gasteiger charge is -2.15. The van der Waals surface area contributed by atoms with Crippen molar-refractivity contribution in [3.8, 4) is 0 Å². The topological polar surface area (TPSA) is 51.4 Å². The number of benzene rings is 2. The van der Waals surface area contributed by atoms with Crippen LogP contribution in [0.5, 0.6) is 0 Å². The molecule has 0 radical (unpaired) electrons. The maximum atomic E-state index is 12.3. The van der Waals surface area contributed by atoms with Gasteiger partial charge in [0.05, 0.1) is 25.8 Å². The molecule has 3 aromatic rings. The normalized spacial score (nSPS) is 14.4. The maximum absolute atomic E-state index is 12.3. The Labute approximate surface area is 178 Å². The average molecular weight is 402 g/mol. The molecule has 0 unspecified atom stereocenters. The number of nitrogens with zero attached hydrogens (tertiary/aromatic N) is 2. The van der Waals surface area contributed by atoms with Crippen molar-refractivity contribution in [3.63, 3.8) is 0 Å². The van der Waals surface area contributed by atoms with E-state index in [-0.39, 0.29) is 5.91 Å². The molecule has 1 aliphatic rings. The van der Waals surface area contributed by atoms with Gasteiger partial charge in [-0.2, -0.15) is 5.10 Å². The minimum Gasteiger partial charge on any atom is -0.348 e. The minimum atomic E-state index is -0.0888. The predicted octanol–water partition coefficient (Wildman–Crippen LogP) is 2.44. The standard InChI is InChI=1S/C25H28N4O/c30-25(13-12-22-16-27-29(19-22)18-21-8-2-1-3-9-21)26-17-23-10-4-5-11-24(23)20-28-14-6-7-15-28/h1-5,8-13,16,19H,6-7,14-15,17-18,20H2,(H,26,30)/p+1/b13-12+. The molecule has 2 heterocycles. The molecule has 4 rings (SSSR count). The van der Waals surface area contributed by atoms with Crippen LogP contribution in [0.1, 0.15) is 35.1 Å². The molecule has 1 amide bonds. The Morgan fingerprint density at radius 3 is 2.57 bits per heavy atom. The Balaban J connectivity index is 1.29. The largest absolute Gasteiger partial charge is 0.348 e. The molecule has 1 aliphatic heterocycles. The van der Waals surface area contributed by atoms with Crippen molar-refractivity contribution in [2.75, 3.05) is 13.1 Å². The van der Waals surface area contributed by atoms with Crippen LogP contribution in [0.15, 0.2) is 73.1 Å². The van der Waals surface area contributed by atoms with E-state index in [9.17, 15) is 4.79 Å². The van der Waals surface area contributed by atoms with Gasteiger partial charge in [-0.05, 0) is 17.2 Å². The highest BCUT2D eigenvalue weighted by Crippen LogP contribution is 2.09. The summed E-state index contributed by atoms with van der Waals surface area (Å²) in [6, 6.07) is 18.6. The van der Waals surface area contributed by atoms with Crippen LogP contribution in [0, 0.1) is 0 Å². The summed E-state index contributed by atoms with van der Waals surface area (Å²) in [5.74, 6) is -0.0888. The number of hydrogen-bond acceptors (Lipinski definition) is 2. The van der Waals surface area contributed by atoms with Gasteiger partial charge in [0.25, 0.3) is 0 Å². The van der Waals surface area contributed by atoms with Crippen molar-refractivity contribution in [1.82, 2.24) is 15.1 Å². The van der Waals surface area contributed by atoms with E-state index in [1.54, 1.807) is 17.2 Å². The van der Waals surface area contributed by atoms with Crippen LogP contribution in [0.3, 0.4) is 0 Å². The van der Waals surface area contributed by atoms with Crippen LogP contribution in [0.25, 0.3) is 6.08 Å². The Morgan fingerprint density at radius 2 is 1.77 bits per heavy atom. The molecule has 1 aromatic heterocycles. The Kier molecular flexibility index (Phi) is 6.72. The number of quaternary nitrogens is 1. The lowest BCUT2D eigenvalue weighted by atomic mass is 10.1. The first-order valence-electron chi connectivity index (χ1n) is 10.7. The van der Waals surface area contributed by atoms with E-state index >= 15 is 0 Å². The van der Waals surface area contributed by atoms with Crippen molar-refractivity contribution < 1.29 is 9.69 Å². The monoisotopic (exact) mass is 401 g/mol. The summed E-state index contributed by atoms with van der Waals surface area (Å²) >= 11 is 0. The van der Waals surface area contributed by atoms with Gasteiger partial charge in [0.1, 0.15) is 6.54 Å². The van der Waals surface area contributed by atoms with Crippen molar-refractivity contribution in [3.05, 3.63) is 95.3 Å². The van der Waals surface area contributed by atoms with E-state index in [1.807, 2.05) is 41.2 Å². The smallest absolute Gasteiger partial charge is 0.244 e. The van der Waals surface area contributed by atoms with Gasteiger partial charge in [-0.25, -0.2) is 0 Å². The molecule has 2 N–H and O–H groups in total. The highest BCUT2D eigenvalue weighted by atomic mass is 16.1. The highest BCUT2D eigenvalue weighted by Gasteiger charge is 2.17. The third-order valence-corrected chi connectivity index (χ3v) is 5.59. The van der Waals surface area contributed by atoms with Gasteiger partial charge >= 0.3 is 0 Å². The average Bonchev–Trinajstić information content (AvgIpc) is 3.44. The predicted molar refractivity (Wildman–Crippen MR) is 119 cm³/mol. The summed E-state index contributed by atoms with van der Waals surface area (Å²) in [7, 11) is 0. The molecule has 0 saturated carbocycles. The van der Waals surface area contributed by atoms with Crippen molar-refractivity contribution in [1.29, 1.82) is 0 Å². The molecule has 0 spiro atoms. The van der Waals surface area contributed by atoms with Crippen molar-refractivity contribution in [2.45, 2.75) is 32.5 Å². The summed E-state index contributed by atoms with van der Waals surface area (Å²) < 4.78 is 1.88. The van der Waals surface area contributed by atoms with Gasteiger partial charge in [-0.1, -0.05) is 54.6 Å². The van der Waals surface area contributed by atoms with Gasteiger partial charge in [0.2, 0.25) is 5.91 Å². The van der Waals surface area contributed by atoms with Crippen LogP contribution in [-0.4, -0.2) is 28.8 Å². The molecule has 1 fully saturated rings. The molecule has 30 heavy (non-hydrogen) atoms. The quantitative estimate of drug-likeness (QED) is 0.570. The third-order valence-electron chi connectivity index (χ3n) is 5.59. The molecule has 0 bridgehead atoms. The zero-order valence-electron chi connectivity index (χ0n) is 17.3. The van der Waals surface area contributed by atoms with E-state index in [0.717, 1.165) is 18.7 Å². The number of nitrogens with one attached hydrogen (secondary N) is 2. The Morgan fingerprint density at radius 1 is 1.03 bits per heavy atom. The summed E-state index contributed by atoms with van der Waals surface area (Å²) in [5.41, 5.74) is 4.65. The van der Waals surface area contributed by atoms with Crippen molar-refractivity contribution >= 4 is 12.0 Å². The number of carbonyl (C=O) groups is 1. The SMILES string of the molecule is O=C(/C=C/c1cnn(Cc2ccccc2)c1)NCc1ccccc1C[NH+]1CCCC1. The number of carbonyl (C=O) groups excluding carboxylic acids is 1. The number of aromatic nitrogens is 2. The summed E-state index contributed by atoms with van der Waals surface area (Å²) in [4.78, 5) is 14.0. The molecule has 5 nitrogen and oxygen atoms in total. The van der Waals surface area contributed by atoms with Gasteiger partial charge in [-0.15, -0.1) is 0 Å². The molecule has 5 heteroatoms. The maximum Gasteiger partial charge on any atom is 0.244 e. The second-order valence-electron chi connectivity index (χ2n) is 7.91. The fourth-order valence-electron chi connectivity index (χ4n) is 3.96. The highest BCUT2D eigenvalue weighted by molar-refractivity contribution is 5.91. The van der Waals surface area contributed by atoms with Gasteiger partial charge < -0.3 is 10.2 Å². The van der Waals surface area contributed by atoms with Crippen LogP contribution in [0.4, 0.5) is 0 Å². The molecule has 154 valence electrons. The Bertz CT molecular complexity index is 987. The lowest BCUT2D eigenvalue weighted by Crippen LogP contribution is -3.08. The molecule has 0 atom stereocenters. The minimum absolute atomic E-state index is 0.0888. The second kappa shape index (κ2) is 10.0. The van der Waals surface area contributed by atoms with Crippen molar-refractivity contribution in [2.24, 2.45) is 0 Å². The number of likely N-dealkylation sites (tertiary alicyclic amines) is 1.